The van der Waals surface area contributed by atoms with Crippen LogP contribution in [0.25, 0.3) is 0 Å². The Morgan fingerprint density at radius 3 is 2.72 bits per heavy atom. The Hall–Kier alpha value is -0.600. The number of hydrogen-bond donors (Lipinski definition) is 1. The second kappa shape index (κ2) is 6.03. The molecule has 0 radical (unpaired) electrons. The van der Waals surface area contributed by atoms with Crippen LogP contribution in [0.3, 0.4) is 0 Å². The first-order valence-electron chi connectivity index (χ1n) is 7.03. The van der Waals surface area contributed by atoms with Crippen LogP contribution in [0.4, 0.5) is 0 Å². The van der Waals surface area contributed by atoms with Gasteiger partial charge in [0.05, 0.1) is 0 Å². The van der Waals surface area contributed by atoms with Gasteiger partial charge in [0.25, 0.3) is 0 Å². The summed E-state index contributed by atoms with van der Waals surface area (Å²) in [4.78, 5) is 2.94. The molecule has 2 heteroatoms. The second-order valence-corrected chi connectivity index (χ2v) is 7.37. The fraction of sp³-hybridized carbons (Fsp3) is 0.625. The third kappa shape index (κ3) is 3.96. The normalized spacial score (nSPS) is 16.1. The van der Waals surface area contributed by atoms with Gasteiger partial charge in [0, 0.05) is 16.3 Å². The van der Waals surface area contributed by atoms with E-state index in [1.54, 1.807) is 5.57 Å². The summed E-state index contributed by atoms with van der Waals surface area (Å²) in [7, 11) is 0. The summed E-state index contributed by atoms with van der Waals surface area (Å²) in [5.74, 6) is 0. The van der Waals surface area contributed by atoms with Gasteiger partial charge in [-0.3, -0.25) is 0 Å². The van der Waals surface area contributed by atoms with Gasteiger partial charge < -0.3 is 5.32 Å². The largest absolute Gasteiger partial charge is 0.312 e. The maximum absolute atomic E-state index is 3.56. The minimum atomic E-state index is 0.289. The van der Waals surface area contributed by atoms with Crippen molar-refractivity contribution >= 4 is 11.3 Å². The fourth-order valence-electron chi connectivity index (χ4n) is 2.30. The molecule has 1 aromatic rings. The molecule has 100 valence electrons. The van der Waals surface area contributed by atoms with Gasteiger partial charge >= 0.3 is 0 Å². The van der Waals surface area contributed by atoms with Crippen molar-refractivity contribution in [2.75, 3.05) is 6.54 Å². The van der Waals surface area contributed by atoms with Gasteiger partial charge in [-0.2, -0.15) is 0 Å². The lowest BCUT2D eigenvalue weighted by Crippen LogP contribution is -2.14. The summed E-state index contributed by atoms with van der Waals surface area (Å²) in [6.45, 7) is 8.98. The van der Waals surface area contributed by atoms with E-state index in [1.807, 2.05) is 11.3 Å². The monoisotopic (exact) mass is 263 g/mol. The van der Waals surface area contributed by atoms with Crippen molar-refractivity contribution in [3.63, 3.8) is 0 Å². The van der Waals surface area contributed by atoms with Crippen LogP contribution in [-0.2, 0) is 12.0 Å². The lowest BCUT2D eigenvalue weighted by atomic mass is 9.95. The van der Waals surface area contributed by atoms with Crippen LogP contribution in [0.5, 0.6) is 0 Å². The maximum Gasteiger partial charge on any atom is 0.0299 e. The van der Waals surface area contributed by atoms with Gasteiger partial charge in [-0.05, 0) is 49.8 Å². The third-order valence-corrected chi connectivity index (χ3v) is 4.97. The predicted octanol–water partition coefficient (Wildman–Crippen LogP) is 4.64. The smallest absolute Gasteiger partial charge is 0.0299 e. The molecule has 0 bridgehead atoms. The van der Waals surface area contributed by atoms with Gasteiger partial charge in [0.15, 0.2) is 0 Å². The predicted molar refractivity (Wildman–Crippen MR) is 81.3 cm³/mol. The van der Waals surface area contributed by atoms with Crippen molar-refractivity contribution in [2.45, 2.75) is 58.4 Å². The van der Waals surface area contributed by atoms with Crippen molar-refractivity contribution in [3.8, 4) is 0 Å². The molecule has 1 nitrogen and oxygen atoms in total. The Balaban J connectivity index is 1.71. The molecule has 18 heavy (non-hydrogen) atoms. The summed E-state index contributed by atoms with van der Waals surface area (Å²) in [6.07, 6.45) is 7.65. The fourth-order valence-corrected chi connectivity index (χ4v) is 3.34. The van der Waals surface area contributed by atoms with Crippen LogP contribution in [-0.4, -0.2) is 6.54 Å². The van der Waals surface area contributed by atoms with E-state index in [0.717, 1.165) is 13.1 Å². The van der Waals surface area contributed by atoms with Gasteiger partial charge in [0.2, 0.25) is 0 Å². The Morgan fingerprint density at radius 1 is 1.28 bits per heavy atom. The van der Waals surface area contributed by atoms with Crippen molar-refractivity contribution < 1.29 is 0 Å². The molecule has 0 saturated carbocycles. The van der Waals surface area contributed by atoms with Crippen molar-refractivity contribution in [3.05, 3.63) is 33.5 Å². The summed E-state index contributed by atoms with van der Waals surface area (Å²) in [6, 6.07) is 4.55. The number of nitrogens with one attached hydrogen (secondary N) is 1. The van der Waals surface area contributed by atoms with E-state index < -0.39 is 0 Å². The number of thiophene rings is 1. The van der Waals surface area contributed by atoms with E-state index in [0.29, 0.717) is 0 Å². The minimum Gasteiger partial charge on any atom is -0.312 e. The van der Waals surface area contributed by atoms with Crippen LogP contribution < -0.4 is 5.32 Å². The first-order valence-corrected chi connectivity index (χ1v) is 7.85. The van der Waals surface area contributed by atoms with Gasteiger partial charge in [0.1, 0.15) is 0 Å². The standard InChI is InChI=1S/C16H25NS/c1-16(2,3)15-9-8-14(18-15)12-17-11-10-13-6-4-5-7-13/h6,8-9,17H,4-5,7,10-12H2,1-3H3. The average molecular weight is 263 g/mol. The molecule has 0 amide bonds. The molecule has 0 unspecified atom stereocenters. The summed E-state index contributed by atoms with van der Waals surface area (Å²) in [5.41, 5.74) is 1.95. The molecular formula is C16H25NS. The topological polar surface area (TPSA) is 12.0 Å². The lowest BCUT2D eigenvalue weighted by molar-refractivity contribution is 0.604. The zero-order valence-electron chi connectivity index (χ0n) is 11.9. The van der Waals surface area contributed by atoms with Crippen molar-refractivity contribution in [2.24, 2.45) is 0 Å². The van der Waals surface area contributed by atoms with Crippen LogP contribution in [0.1, 0.15) is 56.2 Å². The first-order chi connectivity index (χ1) is 8.55. The van der Waals surface area contributed by atoms with Crippen LogP contribution >= 0.6 is 11.3 Å². The highest BCUT2D eigenvalue weighted by Crippen LogP contribution is 2.29. The van der Waals surface area contributed by atoms with E-state index in [9.17, 15) is 0 Å². The van der Waals surface area contributed by atoms with E-state index in [-0.39, 0.29) is 5.41 Å². The highest BCUT2D eigenvalue weighted by molar-refractivity contribution is 7.12. The third-order valence-electron chi connectivity index (χ3n) is 3.46. The van der Waals surface area contributed by atoms with Gasteiger partial charge in [-0.15, -0.1) is 11.3 Å². The molecule has 2 rings (SSSR count). The van der Waals surface area contributed by atoms with Crippen molar-refractivity contribution in [1.82, 2.24) is 5.32 Å². The number of allylic oxidation sites excluding steroid dienone is 1. The Kier molecular flexibility index (Phi) is 4.63. The molecular weight excluding hydrogens is 238 g/mol. The zero-order chi connectivity index (χ0) is 13.0. The van der Waals surface area contributed by atoms with E-state index in [2.05, 4.69) is 44.3 Å². The SMILES string of the molecule is CC(C)(C)c1ccc(CNCCC2=CCCC2)s1. The molecule has 0 fully saturated rings. The second-order valence-electron chi connectivity index (χ2n) is 6.20. The maximum atomic E-state index is 3.56. The summed E-state index contributed by atoms with van der Waals surface area (Å²) >= 11 is 1.95. The van der Waals surface area contributed by atoms with Crippen LogP contribution in [0.15, 0.2) is 23.8 Å². The van der Waals surface area contributed by atoms with Crippen molar-refractivity contribution in [1.29, 1.82) is 0 Å². The quantitative estimate of drug-likeness (QED) is 0.603. The molecule has 0 aromatic carbocycles. The minimum absolute atomic E-state index is 0.289. The molecule has 1 heterocycles. The van der Waals surface area contributed by atoms with E-state index in [1.165, 1.54) is 35.4 Å². The molecule has 0 atom stereocenters. The van der Waals surface area contributed by atoms with E-state index in [4.69, 9.17) is 0 Å². The average Bonchev–Trinajstić information content (AvgIpc) is 2.95. The lowest BCUT2D eigenvalue weighted by Gasteiger charge is -2.15. The number of rotatable bonds is 5. The molecule has 1 aliphatic rings. The summed E-state index contributed by atoms with van der Waals surface area (Å²) in [5, 5.41) is 3.56. The van der Waals surface area contributed by atoms with E-state index >= 15 is 0 Å². The highest BCUT2D eigenvalue weighted by atomic mass is 32.1. The zero-order valence-corrected chi connectivity index (χ0v) is 12.7. The molecule has 0 aliphatic heterocycles. The first kappa shape index (κ1) is 13.8. The summed E-state index contributed by atoms with van der Waals surface area (Å²) < 4.78 is 0. The van der Waals surface area contributed by atoms with Crippen LogP contribution in [0.2, 0.25) is 0 Å². The van der Waals surface area contributed by atoms with Gasteiger partial charge in [-0.1, -0.05) is 32.4 Å². The Bertz CT molecular complexity index is 409. The van der Waals surface area contributed by atoms with Gasteiger partial charge in [-0.25, -0.2) is 0 Å². The molecule has 0 spiro atoms. The Morgan fingerprint density at radius 2 is 2.11 bits per heavy atom. The molecule has 1 aromatic heterocycles. The molecule has 1 N–H and O–H groups in total. The number of hydrogen-bond acceptors (Lipinski definition) is 2. The molecule has 0 saturated heterocycles. The molecule has 1 aliphatic carbocycles. The highest BCUT2D eigenvalue weighted by Gasteiger charge is 2.15. The van der Waals surface area contributed by atoms with Crippen LogP contribution in [0, 0.1) is 0 Å². The Labute approximate surface area is 115 Å².